The molecule has 1 unspecified atom stereocenters. The Kier molecular flexibility index (Phi) is 5.40. The Morgan fingerprint density at radius 1 is 1.21 bits per heavy atom. The molecule has 0 radical (unpaired) electrons. The van der Waals surface area contributed by atoms with Gasteiger partial charge in [-0.3, -0.25) is 9.69 Å². The molecule has 2 aliphatic heterocycles. The number of aromatic nitrogens is 1. The Morgan fingerprint density at radius 3 is 2.79 bits per heavy atom. The molecule has 1 spiro atoms. The highest BCUT2D eigenvalue weighted by molar-refractivity contribution is 5.79. The molecule has 2 saturated heterocycles. The third-order valence-electron chi connectivity index (χ3n) is 5.86. The number of rotatable bonds is 4. The number of amides is 1. The molecular formula is C21H25F2N3O3. The number of halogens is 2. The van der Waals surface area contributed by atoms with Gasteiger partial charge < -0.3 is 14.2 Å². The van der Waals surface area contributed by atoms with Crippen LogP contribution in [0.15, 0.2) is 22.7 Å². The van der Waals surface area contributed by atoms with Gasteiger partial charge in [-0.15, -0.1) is 0 Å². The first-order valence-electron chi connectivity index (χ1n) is 9.79. The van der Waals surface area contributed by atoms with E-state index in [0.717, 1.165) is 29.2 Å². The third-order valence-corrected chi connectivity index (χ3v) is 5.86. The van der Waals surface area contributed by atoms with Crippen molar-refractivity contribution in [2.45, 2.75) is 33.4 Å². The normalized spacial score (nSPS) is 23.2. The summed E-state index contributed by atoms with van der Waals surface area (Å²) in [5.74, 6) is -0.0963. The number of hydrogen-bond acceptors (Lipinski definition) is 5. The predicted octanol–water partition coefficient (Wildman–Crippen LogP) is 2.82. The lowest BCUT2D eigenvalue weighted by molar-refractivity contribution is -0.128. The molecule has 6 nitrogen and oxygen atoms in total. The summed E-state index contributed by atoms with van der Waals surface area (Å²) in [6, 6.07) is 3.50. The Labute approximate surface area is 168 Å². The van der Waals surface area contributed by atoms with E-state index in [-0.39, 0.29) is 17.9 Å². The van der Waals surface area contributed by atoms with Crippen LogP contribution in [0.2, 0.25) is 0 Å². The van der Waals surface area contributed by atoms with Crippen LogP contribution in [0.4, 0.5) is 8.78 Å². The van der Waals surface area contributed by atoms with Crippen LogP contribution in [0.1, 0.15) is 29.0 Å². The summed E-state index contributed by atoms with van der Waals surface area (Å²) in [6.45, 7) is 7.17. The first-order chi connectivity index (χ1) is 13.8. The number of carbonyl (C=O) groups excluding carboxylic acids is 1. The van der Waals surface area contributed by atoms with Crippen molar-refractivity contribution in [2.75, 3.05) is 32.8 Å². The van der Waals surface area contributed by atoms with E-state index in [2.05, 4.69) is 10.1 Å². The van der Waals surface area contributed by atoms with E-state index >= 15 is 0 Å². The zero-order valence-corrected chi connectivity index (χ0v) is 16.7. The number of hydrogen-bond donors (Lipinski definition) is 0. The zero-order chi connectivity index (χ0) is 20.6. The molecule has 1 amide bonds. The van der Waals surface area contributed by atoms with Gasteiger partial charge >= 0.3 is 0 Å². The van der Waals surface area contributed by atoms with Crippen molar-refractivity contribution in [1.82, 2.24) is 15.0 Å². The molecule has 1 aromatic heterocycles. The maximum Gasteiger partial charge on any atom is 0.223 e. The van der Waals surface area contributed by atoms with Crippen molar-refractivity contribution in [3.05, 3.63) is 52.4 Å². The SMILES string of the molecule is Cc1noc(C)c1CN1CC2(COCCN(Cc3cc(F)ccc3F)C2)CC1=O. The lowest BCUT2D eigenvalue weighted by Crippen LogP contribution is -2.40. The first kappa shape index (κ1) is 20.0. The summed E-state index contributed by atoms with van der Waals surface area (Å²) in [6.07, 6.45) is 0.374. The fourth-order valence-electron chi connectivity index (χ4n) is 4.37. The zero-order valence-electron chi connectivity index (χ0n) is 16.7. The Bertz CT molecular complexity index is 897. The van der Waals surface area contributed by atoms with E-state index in [1.165, 1.54) is 6.07 Å². The summed E-state index contributed by atoms with van der Waals surface area (Å²) in [7, 11) is 0. The fourth-order valence-corrected chi connectivity index (χ4v) is 4.37. The summed E-state index contributed by atoms with van der Waals surface area (Å²) >= 11 is 0. The third kappa shape index (κ3) is 4.18. The van der Waals surface area contributed by atoms with Crippen LogP contribution in [0.5, 0.6) is 0 Å². The average molecular weight is 405 g/mol. The maximum absolute atomic E-state index is 14.1. The second kappa shape index (κ2) is 7.84. The smallest absolute Gasteiger partial charge is 0.223 e. The molecule has 0 saturated carbocycles. The lowest BCUT2D eigenvalue weighted by atomic mass is 9.87. The standard InChI is InChI=1S/C21H25F2N3O3/c1-14-18(15(2)29-24-14)10-26-12-21(8-20(26)27)11-25(5-6-28-13-21)9-16-7-17(22)3-4-19(16)23/h3-4,7H,5-6,8-13H2,1-2H3. The molecule has 0 aliphatic carbocycles. The Morgan fingerprint density at radius 2 is 2.03 bits per heavy atom. The quantitative estimate of drug-likeness (QED) is 0.783. The molecule has 1 atom stereocenters. The molecule has 0 N–H and O–H groups in total. The molecule has 3 heterocycles. The van der Waals surface area contributed by atoms with Gasteiger partial charge in [0.15, 0.2) is 0 Å². The second-order valence-electron chi connectivity index (χ2n) is 8.23. The van der Waals surface area contributed by atoms with E-state index in [9.17, 15) is 13.6 Å². The summed E-state index contributed by atoms with van der Waals surface area (Å²) in [5, 5.41) is 3.96. The van der Waals surface area contributed by atoms with E-state index in [0.29, 0.717) is 51.4 Å². The maximum atomic E-state index is 14.1. The molecule has 0 bridgehead atoms. The van der Waals surface area contributed by atoms with Gasteiger partial charge in [0, 0.05) is 49.1 Å². The van der Waals surface area contributed by atoms with Crippen molar-refractivity contribution in [3.8, 4) is 0 Å². The Hall–Kier alpha value is -2.32. The van der Waals surface area contributed by atoms with Crippen molar-refractivity contribution in [3.63, 3.8) is 0 Å². The van der Waals surface area contributed by atoms with Crippen LogP contribution in [-0.4, -0.2) is 53.7 Å². The van der Waals surface area contributed by atoms with Crippen LogP contribution in [0, 0.1) is 30.9 Å². The van der Waals surface area contributed by atoms with Gasteiger partial charge in [0.25, 0.3) is 0 Å². The van der Waals surface area contributed by atoms with Crippen molar-refractivity contribution >= 4 is 5.91 Å². The molecule has 2 aromatic rings. The van der Waals surface area contributed by atoms with Crippen LogP contribution < -0.4 is 0 Å². The highest BCUT2D eigenvalue weighted by atomic mass is 19.1. The summed E-state index contributed by atoms with van der Waals surface area (Å²) in [5.41, 5.74) is 1.68. The van der Waals surface area contributed by atoms with Gasteiger partial charge in [0.1, 0.15) is 17.4 Å². The lowest BCUT2D eigenvalue weighted by Gasteiger charge is -2.31. The topological polar surface area (TPSA) is 58.8 Å². The van der Waals surface area contributed by atoms with Gasteiger partial charge in [-0.2, -0.15) is 0 Å². The van der Waals surface area contributed by atoms with Crippen LogP contribution in [0.3, 0.4) is 0 Å². The minimum Gasteiger partial charge on any atom is -0.379 e. The van der Waals surface area contributed by atoms with E-state index in [1.54, 1.807) is 0 Å². The van der Waals surface area contributed by atoms with Gasteiger partial charge in [-0.25, -0.2) is 8.78 Å². The van der Waals surface area contributed by atoms with Gasteiger partial charge in [0.2, 0.25) is 5.91 Å². The minimum absolute atomic E-state index is 0.0624. The number of benzene rings is 1. The van der Waals surface area contributed by atoms with Crippen molar-refractivity contribution < 1.29 is 22.8 Å². The monoisotopic (exact) mass is 405 g/mol. The average Bonchev–Trinajstić information content (AvgIpc) is 3.06. The largest absolute Gasteiger partial charge is 0.379 e. The summed E-state index contributed by atoms with van der Waals surface area (Å²) < 4.78 is 38.7. The molecule has 8 heteroatoms. The number of carbonyl (C=O) groups is 1. The molecule has 156 valence electrons. The molecular weight excluding hydrogens is 380 g/mol. The van der Waals surface area contributed by atoms with E-state index in [4.69, 9.17) is 9.26 Å². The molecule has 2 aliphatic rings. The number of ether oxygens (including phenoxy) is 1. The first-order valence-corrected chi connectivity index (χ1v) is 9.79. The van der Waals surface area contributed by atoms with Crippen molar-refractivity contribution in [1.29, 1.82) is 0 Å². The van der Waals surface area contributed by atoms with Crippen LogP contribution in [0.25, 0.3) is 0 Å². The van der Waals surface area contributed by atoms with E-state index < -0.39 is 11.6 Å². The number of nitrogens with zero attached hydrogens (tertiary/aromatic N) is 3. The van der Waals surface area contributed by atoms with Crippen LogP contribution >= 0.6 is 0 Å². The molecule has 29 heavy (non-hydrogen) atoms. The molecule has 4 rings (SSSR count). The second-order valence-corrected chi connectivity index (χ2v) is 8.23. The highest BCUT2D eigenvalue weighted by Gasteiger charge is 2.45. The van der Waals surface area contributed by atoms with Gasteiger partial charge in [-0.1, -0.05) is 5.16 Å². The fraction of sp³-hybridized carbons (Fsp3) is 0.524. The van der Waals surface area contributed by atoms with Gasteiger partial charge in [0.05, 0.1) is 25.5 Å². The Balaban J connectivity index is 1.49. The molecule has 1 aromatic carbocycles. The van der Waals surface area contributed by atoms with Crippen molar-refractivity contribution in [2.24, 2.45) is 5.41 Å². The number of aryl methyl sites for hydroxylation is 2. The predicted molar refractivity (Wildman–Crippen MR) is 101 cm³/mol. The number of likely N-dealkylation sites (tertiary alicyclic amines) is 1. The highest BCUT2D eigenvalue weighted by Crippen LogP contribution is 2.36. The summed E-state index contributed by atoms with van der Waals surface area (Å²) in [4.78, 5) is 16.6. The van der Waals surface area contributed by atoms with E-state index in [1.807, 2.05) is 18.7 Å². The van der Waals surface area contributed by atoms with Crippen LogP contribution in [-0.2, 0) is 22.6 Å². The minimum atomic E-state index is -0.455. The molecule has 2 fully saturated rings. The van der Waals surface area contributed by atoms with Gasteiger partial charge in [-0.05, 0) is 32.0 Å².